The Kier molecular flexibility index (Phi) is 5.79. The third-order valence-electron chi connectivity index (χ3n) is 3.79. The molecular formula is C15H25N3O. The fraction of sp³-hybridized carbons (Fsp3) is 0.600. The summed E-state index contributed by atoms with van der Waals surface area (Å²) in [5.41, 5.74) is 8.22. The van der Waals surface area contributed by atoms with Crippen LogP contribution in [0.2, 0.25) is 0 Å². The van der Waals surface area contributed by atoms with E-state index >= 15 is 0 Å². The van der Waals surface area contributed by atoms with Gasteiger partial charge in [-0.2, -0.15) is 0 Å². The van der Waals surface area contributed by atoms with E-state index < -0.39 is 0 Å². The first-order valence-corrected chi connectivity index (χ1v) is 7.07. The molecule has 0 saturated carbocycles. The highest BCUT2D eigenvalue weighted by molar-refractivity contribution is 5.25. The lowest BCUT2D eigenvalue weighted by molar-refractivity contribution is 0.120. The number of piperazine rings is 1. The molecule has 1 aromatic rings. The monoisotopic (exact) mass is 263 g/mol. The Hall–Kier alpha value is -0.940. The maximum absolute atomic E-state index is 5.66. The van der Waals surface area contributed by atoms with Crippen LogP contribution in [-0.2, 0) is 11.3 Å². The number of hydrogen-bond donors (Lipinski definition) is 2. The molecule has 1 aliphatic rings. The molecule has 0 aliphatic carbocycles. The lowest BCUT2D eigenvalue weighted by Crippen LogP contribution is -2.45. The molecule has 1 saturated heterocycles. The number of ether oxygens (including phenoxy) is 1. The van der Waals surface area contributed by atoms with Gasteiger partial charge in [-0.05, 0) is 17.5 Å². The molecule has 1 heterocycles. The largest absolute Gasteiger partial charge is 0.385 e. The SMILES string of the molecule is COCCC(c1ccc(CN)cc1)N1CCNCC1. The molecule has 1 aromatic carbocycles. The Bertz CT molecular complexity index is 360. The lowest BCUT2D eigenvalue weighted by Gasteiger charge is -2.35. The second-order valence-corrected chi connectivity index (χ2v) is 5.03. The fourth-order valence-electron chi connectivity index (χ4n) is 2.66. The van der Waals surface area contributed by atoms with Gasteiger partial charge in [-0.1, -0.05) is 24.3 Å². The van der Waals surface area contributed by atoms with Crippen LogP contribution in [0, 0.1) is 0 Å². The summed E-state index contributed by atoms with van der Waals surface area (Å²) in [6.45, 7) is 5.76. The topological polar surface area (TPSA) is 50.5 Å². The average Bonchev–Trinajstić information content (AvgIpc) is 2.49. The molecule has 0 aromatic heterocycles. The van der Waals surface area contributed by atoms with Gasteiger partial charge < -0.3 is 15.8 Å². The smallest absolute Gasteiger partial charge is 0.0480 e. The molecule has 1 unspecified atom stereocenters. The van der Waals surface area contributed by atoms with Crippen LogP contribution in [-0.4, -0.2) is 44.8 Å². The molecule has 4 nitrogen and oxygen atoms in total. The summed E-state index contributed by atoms with van der Waals surface area (Å²) in [6, 6.07) is 9.15. The highest BCUT2D eigenvalue weighted by Gasteiger charge is 2.21. The van der Waals surface area contributed by atoms with E-state index in [0.717, 1.165) is 39.2 Å². The van der Waals surface area contributed by atoms with Crippen LogP contribution in [0.15, 0.2) is 24.3 Å². The second-order valence-electron chi connectivity index (χ2n) is 5.03. The van der Waals surface area contributed by atoms with E-state index in [1.165, 1.54) is 11.1 Å². The van der Waals surface area contributed by atoms with Crippen molar-refractivity contribution in [3.63, 3.8) is 0 Å². The molecule has 19 heavy (non-hydrogen) atoms. The summed E-state index contributed by atoms with van der Waals surface area (Å²) in [7, 11) is 1.77. The molecular weight excluding hydrogens is 238 g/mol. The Morgan fingerprint density at radius 1 is 1.26 bits per heavy atom. The van der Waals surface area contributed by atoms with Crippen molar-refractivity contribution in [2.45, 2.75) is 19.0 Å². The summed E-state index contributed by atoms with van der Waals surface area (Å²) >= 11 is 0. The maximum Gasteiger partial charge on any atom is 0.0480 e. The highest BCUT2D eigenvalue weighted by atomic mass is 16.5. The molecule has 2 rings (SSSR count). The zero-order valence-electron chi connectivity index (χ0n) is 11.8. The van der Waals surface area contributed by atoms with Crippen LogP contribution in [0.5, 0.6) is 0 Å². The van der Waals surface area contributed by atoms with Crippen molar-refractivity contribution in [2.75, 3.05) is 39.9 Å². The Morgan fingerprint density at radius 2 is 1.95 bits per heavy atom. The number of nitrogens with one attached hydrogen (secondary N) is 1. The van der Waals surface area contributed by atoms with Crippen LogP contribution in [0.4, 0.5) is 0 Å². The van der Waals surface area contributed by atoms with Gasteiger partial charge in [-0.3, -0.25) is 4.90 Å². The van der Waals surface area contributed by atoms with Crippen LogP contribution in [0.1, 0.15) is 23.6 Å². The molecule has 0 bridgehead atoms. The van der Waals surface area contributed by atoms with Gasteiger partial charge in [0.15, 0.2) is 0 Å². The summed E-state index contributed by atoms with van der Waals surface area (Å²) in [4.78, 5) is 2.55. The maximum atomic E-state index is 5.66. The van der Waals surface area contributed by atoms with Gasteiger partial charge >= 0.3 is 0 Å². The standard InChI is InChI=1S/C15H25N3O/c1-19-11-6-15(18-9-7-17-8-10-18)14-4-2-13(12-16)3-5-14/h2-5,15,17H,6-12,16H2,1H3. The Morgan fingerprint density at radius 3 is 2.53 bits per heavy atom. The van der Waals surface area contributed by atoms with Gasteiger partial charge in [0.05, 0.1) is 0 Å². The predicted molar refractivity (Wildman–Crippen MR) is 78.0 cm³/mol. The average molecular weight is 263 g/mol. The molecule has 0 amide bonds. The second kappa shape index (κ2) is 7.60. The molecule has 1 fully saturated rings. The van der Waals surface area contributed by atoms with Gasteiger partial charge in [-0.25, -0.2) is 0 Å². The minimum atomic E-state index is 0.453. The van der Waals surface area contributed by atoms with Crippen molar-refractivity contribution in [2.24, 2.45) is 5.73 Å². The van der Waals surface area contributed by atoms with E-state index in [0.29, 0.717) is 12.6 Å². The number of hydrogen-bond acceptors (Lipinski definition) is 4. The van der Waals surface area contributed by atoms with Crippen molar-refractivity contribution < 1.29 is 4.74 Å². The van der Waals surface area contributed by atoms with E-state index in [9.17, 15) is 0 Å². The van der Waals surface area contributed by atoms with Crippen molar-refractivity contribution in [1.82, 2.24) is 10.2 Å². The van der Waals surface area contributed by atoms with Crippen LogP contribution in [0.3, 0.4) is 0 Å². The third kappa shape index (κ3) is 4.01. The van der Waals surface area contributed by atoms with Gasteiger partial charge in [0.25, 0.3) is 0 Å². The van der Waals surface area contributed by atoms with Crippen molar-refractivity contribution in [3.05, 3.63) is 35.4 Å². The molecule has 0 radical (unpaired) electrons. The Balaban J connectivity index is 2.10. The van der Waals surface area contributed by atoms with Crippen molar-refractivity contribution in [1.29, 1.82) is 0 Å². The Labute approximate surface area is 115 Å². The third-order valence-corrected chi connectivity index (χ3v) is 3.79. The molecule has 1 atom stereocenters. The fourth-order valence-corrected chi connectivity index (χ4v) is 2.66. The van der Waals surface area contributed by atoms with Gasteiger partial charge in [0.2, 0.25) is 0 Å². The normalized spacial score (nSPS) is 18.4. The van der Waals surface area contributed by atoms with Crippen LogP contribution >= 0.6 is 0 Å². The van der Waals surface area contributed by atoms with Crippen molar-refractivity contribution in [3.8, 4) is 0 Å². The molecule has 106 valence electrons. The minimum absolute atomic E-state index is 0.453. The van der Waals surface area contributed by atoms with Gasteiger partial charge in [-0.15, -0.1) is 0 Å². The first-order valence-electron chi connectivity index (χ1n) is 7.07. The first-order chi connectivity index (χ1) is 9.35. The van der Waals surface area contributed by atoms with Crippen LogP contribution < -0.4 is 11.1 Å². The quantitative estimate of drug-likeness (QED) is 0.808. The van der Waals surface area contributed by atoms with Gasteiger partial charge in [0.1, 0.15) is 0 Å². The number of nitrogens with two attached hydrogens (primary N) is 1. The van der Waals surface area contributed by atoms with E-state index in [1.54, 1.807) is 7.11 Å². The number of methoxy groups -OCH3 is 1. The number of nitrogens with zero attached hydrogens (tertiary/aromatic N) is 1. The molecule has 1 aliphatic heterocycles. The zero-order chi connectivity index (χ0) is 13.5. The summed E-state index contributed by atoms with van der Waals surface area (Å²) < 4.78 is 5.27. The summed E-state index contributed by atoms with van der Waals surface area (Å²) in [5.74, 6) is 0. The molecule has 0 spiro atoms. The lowest BCUT2D eigenvalue weighted by atomic mass is 10.00. The van der Waals surface area contributed by atoms with E-state index in [2.05, 4.69) is 34.5 Å². The molecule has 4 heteroatoms. The summed E-state index contributed by atoms with van der Waals surface area (Å²) in [6.07, 6.45) is 1.04. The first kappa shape index (κ1) is 14.5. The summed E-state index contributed by atoms with van der Waals surface area (Å²) in [5, 5.41) is 3.41. The van der Waals surface area contributed by atoms with E-state index in [1.807, 2.05) is 0 Å². The number of benzene rings is 1. The van der Waals surface area contributed by atoms with E-state index in [-0.39, 0.29) is 0 Å². The van der Waals surface area contributed by atoms with Gasteiger partial charge in [0, 0.05) is 52.5 Å². The number of rotatable bonds is 6. The zero-order valence-corrected chi connectivity index (χ0v) is 11.8. The predicted octanol–water partition coefficient (Wildman–Crippen LogP) is 1.13. The van der Waals surface area contributed by atoms with Crippen molar-refractivity contribution >= 4 is 0 Å². The minimum Gasteiger partial charge on any atom is -0.385 e. The van der Waals surface area contributed by atoms with Crippen LogP contribution in [0.25, 0.3) is 0 Å². The molecule has 3 N–H and O–H groups in total. The highest BCUT2D eigenvalue weighted by Crippen LogP contribution is 2.25. The van der Waals surface area contributed by atoms with E-state index in [4.69, 9.17) is 10.5 Å².